The third kappa shape index (κ3) is 5.06. The zero-order valence-electron chi connectivity index (χ0n) is 18.8. The van der Waals surface area contributed by atoms with E-state index in [9.17, 15) is 4.79 Å². The first-order chi connectivity index (χ1) is 15.0. The summed E-state index contributed by atoms with van der Waals surface area (Å²) < 4.78 is 0. The number of likely N-dealkylation sites (N-methyl/N-ethyl adjacent to an activating group) is 1. The first-order valence-corrected chi connectivity index (χ1v) is 10.5. The van der Waals surface area contributed by atoms with Crippen LogP contribution >= 0.6 is 0 Å². The van der Waals surface area contributed by atoms with E-state index in [0.717, 1.165) is 47.5 Å². The van der Waals surface area contributed by atoms with Gasteiger partial charge in [0, 0.05) is 44.8 Å². The Labute approximate surface area is 185 Å². The van der Waals surface area contributed by atoms with Gasteiger partial charge in [-0.05, 0) is 40.8 Å². The third-order valence-electron chi connectivity index (χ3n) is 5.78. The van der Waals surface area contributed by atoms with Crippen LogP contribution in [0, 0.1) is 6.92 Å². The van der Waals surface area contributed by atoms with E-state index in [1.54, 1.807) is 0 Å². The minimum atomic E-state index is 0.302. The second-order valence-corrected chi connectivity index (χ2v) is 7.82. The lowest BCUT2D eigenvalue weighted by molar-refractivity contribution is -0.106. The van der Waals surface area contributed by atoms with Gasteiger partial charge in [-0.25, -0.2) is 5.01 Å². The van der Waals surface area contributed by atoms with Crippen LogP contribution in [-0.2, 0) is 17.9 Å². The van der Waals surface area contributed by atoms with E-state index < -0.39 is 0 Å². The highest BCUT2D eigenvalue weighted by Gasteiger charge is 2.23. The van der Waals surface area contributed by atoms with Crippen molar-refractivity contribution in [2.24, 2.45) is 0 Å². The average Bonchev–Trinajstić information content (AvgIpc) is 3.21. The van der Waals surface area contributed by atoms with Gasteiger partial charge < -0.3 is 20.0 Å². The monoisotopic (exact) mass is 416 g/mol. The highest BCUT2D eigenvalue weighted by molar-refractivity contribution is 5.77. The minimum Gasteiger partial charge on any atom is -0.393 e. The number of carbonyl (C=O) groups excluding carboxylic acids is 1. The maximum absolute atomic E-state index is 11.5. The van der Waals surface area contributed by atoms with Crippen LogP contribution in [-0.4, -0.2) is 43.5 Å². The molecule has 31 heavy (non-hydrogen) atoms. The minimum absolute atomic E-state index is 0.302. The van der Waals surface area contributed by atoms with Gasteiger partial charge in [-0.1, -0.05) is 55.6 Å². The molecular weight excluding hydrogens is 384 g/mol. The number of allylic oxidation sites excluding steroid dienone is 2. The normalized spacial score (nSPS) is 13.5. The first-order valence-electron chi connectivity index (χ1n) is 10.5. The van der Waals surface area contributed by atoms with E-state index in [-0.39, 0.29) is 0 Å². The fourth-order valence-corrected chi connectivity index (χ4v) is 3.93. The molecule has 1 aliphatic rings. The number of benzene rings is 2. The third-order valence-corrected chi connectivity index (χ3v) is 5.78. The molecule has 0 saturated carbocycles. The van der Waals surface area contributed by atoms with Crippen LogP contribution in [0.4, 0.5) is 5.69 Å². The molecule has 0 amide bonds. The molecule has 0 spiro atoms. The van der Waals surface area contributed by atoms with Crippen molar-refractivity contribution in [3.05, 3.63) is 95.8 Å². The molecule has 5 heteroatoms. The van der Waals surface area contributed by atoms with Crippen molar-refractivity contribution in [2.45, 2.75) is 20.0 Å². The van der Waals surface area contributed by atoms with E-state index in [4.69, 9.17) is 0 Å². The van der Waals surface area contributed by atoms with Crippen molar-refractivity contribution in [3.8, 4) is 0 Å². The lowest BCUT2D eigenvalue weighted by Gasteiger charge is -2.35. The summed E-state index contributed by atoms with van der Waals surface area (Å²) in [6.07, 6.45) is 4.69. The zero-order chi connectivity index (χ0) is 22.4. The Hall–Kier alpha value is -3.31. The van der Waals surface area contributed by atoms with Crippen LogP contribution in [0.3, 0.4) is 0 Å². The summed E-state index contributed by atoms with van der Waals surface area (Å²) >= 11 is 0. The number of aryl methyl sites for hydroxylation is 1. The molecule has 1 heterocycles. The maximum atomic E-state index is 11.5. The number of anilines is 1. The number of hydrazine groups is 1. The Bertz CT molecular complexity index is 970. The van der Waals surface area contributed by atoms with Crippen LogP contribution in [0.5, 0.6) is 0 Å². The van der Waals surface area contributed by atoms with Crippen molar-refractivity contribution >= 4 is 17.5 Å². The predicted molar refractivity (Wildman–Crippen MR) is 129 cm³/mol. The lowest BCUT2D eigenvalue weighted by atomic mass is 10.0. The Kier molecular flexibility index (Phi) is 7.32. The van der Waals surface area contributed by atoms with Gasteiger partial charge in [0.15, 0.2) is 0 Å². The molecule has 5 nitrogen and oxygen atoms in total. The number of aldehydes is 1. The number of nitrogens with one attached hydrogen (secondary N) is 1. The molecule has 0 bridgehead atoms. The molecule has 2 aromatic carbocycles. The highest BCUT2D eigenvalue weighted by Crippen LogP contribution is 2.28. The van der Waals surface area contributed by atoms with Crippen LogP contribution < -0.4 is 10.2 Å². The Morgan fingerprint density at radius 2 is 1.87 bits per heavy atom. The predicted octanol–water partition coefficient (Wildman–Crippen LogP) is 4.12. The van der Waals surface area contributed by atoms with E-state index in [0.29, 0.717) is 13.1 Å². The molecule has 0 aromatic heterocycles. The largest absolute Gasteiger partial charge is 0.393 e. The van der Waals surface area contributed by atoms with Crippen LogP contribution in [0.15, 0.2) is 73.6 Å². The number of hydrogen-bond donors (Lipinski definition) is 1. The van der Waals surface area contributed by atoms with Gasteiger partial charge in [-0.2, -0.15) is 0 Å². The fraction of sp³-hybridized carbons (Fsp3) is 0.269. The summed E-state index contributed by atoms with van der Waals surface area (Å²) in [7, 11) is 3.91. The van der Waals surface area contributed by atoms with Crippen molar-refractivity contribution < 1.29 is 4.79 Å². The summed E-state index contributed by atoms with van der Waals surface area (Å²) in [4.78, 5) is 13.6. The molecule has 162 valence electrons. The number of carbonyl (C=O) groups is 1. The van der Waals surface area contributed by atoms with Crippen LogP contribution in [0.25, 0.3) is 5.57 Å². The Morgan fingerprint density at radius 1 is 1.19 bits per heavy atom. The van der Waals surface area contributed by atoms with Gasteiger partial charge in [-0.3, -0.25) is 0 Å². The molecule has 0 radical (unpaired) electrons. The van der Waals surface area contributed by atoms with Gasteiger partial charge >= 0.3 is 0 Å². The maximum Gasteiger partial charge on any atom is 0.139 e. The highest BCUT2D eigenvalue weighted by atomic mass is 16.1. The zero-order valence-corrected chi connectivity index (χ0v) is 18.8. The molecule has 0 saturated heterocycles. The van der Waals surface area contributed by atoms with E-state index in [1.807, 2.05) is 26.4 Å². The number of nitrogens with zero attached hydrogens (tertiary/aromatic N) is 3. The van der Waals surface area contributed by atoms with Gasteiger partial charge in [0.25, 0.3) is 0 Å². The molecule has 1 N–H and O–H groups in total. The summed E-state index contributed by atoms with van der Waals surface area (Å²) in [5.74, 6) is 0. The Morgan fingerprint density at radius 3 is 2.45 bits per heavy atom. The van der Waals surface area contributed by atoms with E-state index in [1.165, 1.54) is 11.1 Å². The molecule has 0 unspecified atom stereocenters. The number of fused-ring (bicyclic) bond motifs is 1. The lowest BCUT2D eigenvalue weighted by Crippen LogP contribution is -2.40. The topological polar surface area (TPSA) is 38.8 Å². The first kappa shape index (κ1) is 22.4. The van der Waals surface area contributed by atoms with Crippen LogP contribution in [0.2, 0.25) is 0 Å². The van der Waals surface area contributed by atoms with Crippen molar-refractivity contribution in [1.82, 2.24) is 15.3 Å². The van der Waals surface area contributed by atoms with Crippen molar-refractivity contribution in [3.63, 3.8) is 0 Å². The smallest absolute Gasteiger partial charge is 0.139 e. The summed E-state index contributed by atoms with van der Waals surface area (Å²) in [6, 6.07) is 14.8. The van der Waals surface area contributed by atoms with E-state index >= 15 is 0 Å². The molecule has 1 aliphatic heterocycles. The Balaban J connectivity index is 1.79. The van der Waals surface area contributed by atoms with Gasteiger partial charge in [0.2, 0.25) is 0 Å². The molecule has 0 atom stereocenters. The van der Waals surface area contributed by atoms with E-state index in [2.05, 4.69) is 82.8 Å². The number of rotatable bonds is 10. The van der Waals surface area contributed by atoms with Gasteiger partial charge in [0.1, 0.15) is 6.29 Å². The molecule has 2 aromatic rings. The SMILES string of the molecule is C=C/C(=C\NC)c1ccc(C)c(N(CC=O)CC(=C)N(C)N2Cc3ccccc3C2)c1. The van der Waals surface area contributed by atoms with Crippen LogP contribution in [0.1, 0.15) is 22.3 Å². The van der Waals surface area contributed by atoms with Crippen molar-refractivity contribution in [1.29, 1.82) is 0 Å². The quantitative estimate of drug-likeness (QED) is 0.466. The van der Waals surface area contributed by atoms with Gasteiger partial charge in [-0.15, -0.1) is 0 Å². The summed E-state index contributed by atoms with van der Waals surface area (Å²) in [5.41, 5.74) is 7.83. The van der Waals surface area contributed by atoms with Crippen molar-refractivity contribution in [2.75, 3.05) is 32.1 Å². The molecule has 3 rings (SSSR count). The standard InChI is InChI=1S/C26H32N4O/c1-6-22(16-27-4)23-12-11-20(2)26(15-23)29(13-14-31)17-21(3)28(5)30-18-24-9-7-8-10-25(24)19-30/h6-12,14-16,27H,1,3,13,17-19H2,2,4-5H3/b22-16+. The summed E-state index contributed by atoms with van der Waals surface area (Å²) in [5, 5.41) is 7.46. The molecule has 0 fully saturated rings. The molecular formula is C26H32N4O. The molecule has 0 aliphatic carbocycles. The second-order valence-electron chi connectivity index (χ2n) is 7.82. The number of hydrogen-bond acceptors (Lipinski definition) is 5. The summed E-state index contributed by atoms with van der Waals surface area (Å²) in [6.45, 7) is 12.9. The average molecular weight is 417 g/mol. The fourth-order valence-electron chi connectivity index (χ4n) is 3.93. The second kappa shape index (κ2) is 10.1. The van der Waals surface area contributed by atoms with Gasteiger partial charge in [0.05, 0.1) is 13.1 Å².